The summed E-state index contributed by atoms with van der Waals surface area (Å²) in [6, 6.07) is 0. The molecule has 0 aromatic carbocycles. The van der Waals surface area contributed by atoms with Gasteiger partial charge >= 0.3 is 0 Å². The molecule has 2 rings (SSSR count). The van der Waals surface area contributed by atoms with E-state index < -0.39 is 6.10 Å². The fraction of sp³-hybridized carbons (Fsp3) is 0.750. The van der Waals surface area contributed by atoms with Gasteiger partial charge in [0.05, 0.1) is 18.4 Å². The monoisotopic (exact) mass is 256 g/mol. The lowest BCUT2D eigenvalue weighted by Crippen LogP contribution is -2.30. The van der Waals surface area contributed by atoms with Crippen molar-refractivity contribution >= 4 is 16.5 Å². The molecule has 1 aliphatic heterocycles. The molecule has 2 heterocycles. The van der Waals surface area contributed by atoms with Crippen molar-refractivity contribution in [1.82, 2.24) is 4.98 Å². The number of aromatic nitrogens is 1. The average molecular weight is 256 g/mol. The van der Waals surface area contributed by atoms with Gasteiger partial charge in [0.25, 0.3) is 0 Å². The molecule has 17 heavy (non-hydrogen) atoms. The first-order chi connectivity index (χ1) is 8.16. The van der Waals surface area contributed by atoms with Gasteiger partial charge in [-0.1, -0.05) is 0 Å². The van der Waals surface area contributed by atoms with Crippen molar-refractivity contribution in [2.45, 2.75) is 25.9 Å². The Bertz CT molecular complexity index is 348. The van der Waals surface area contributed by atoms with Crippen LogP contribution in [-0.2, 0) is 4.74 Å². The highest BCUT2D eigenvalue weighted by Gasteiger charge is 2.18. The van der Waals surface area contributed by atoms with Crippen molar-refractivity contribution in [3.63, 3.8) is 0 Å². The minimum atomic E-state index is -0.480. The van der Waals surface area contributed by atoms with Crippen LogP contribution in [-0.4, -0.2) is 36.9 Å². The van der Waals surface area contributed by atoms with Crippen LogP contribution >= 0.6 is 11.3 Å². The zero-order valence-corrected chi connectivity index (χ0v) is 11.2. The van der Waals surface area contributed by atoms with Gasteiger partial charge in [0.15, 0.2) is 5.13 Å². The van der Waals surface area contributed by atoms with E-state index in [1.807, 2.05) is 5.38 Å². The van der Waals surface area contributed by atoms with Gasteiger partial charge in [0.1, 0.15) is 0 Å². The van der Waals surface area contributed by atoms with E-state index in [9.17, 15) is 5.11 Å². The van der Waals surface area contributed by atoms with Gasteiger partial charge < -0.3 is 14.7 Å². The fourth-order valence-corrected chi connectivity index (χ4v) is 2.95. The second-order valence-electron chi connectivity index (χ2n) is 4.69. The molecule has 1 N–H and O–H groups in total. The Morgan fingerprint density at radius 1 is 1.71 bits per heavy atom. The van der Waals surface area contributed by atoms with E-state index in [-0.39, 0.29) is 0 Å². The highest BCUT2D eigenvalue weighted by Crippen LogP contribution is 2.25. The molecule has 5 heteroatoms. The predicted octanol–water partition coefficient (Wildman–Crippen LogP) is 2.06. The molecular weight excluding hydrogens is 236 g/mol. The zero-order valence-electron chi connectivity index (χ0n) is 10.4. The molecule has 0 aliphatic carbocycles. The third kappa shape index (κ3) is 3.40. The summed E-state index contributed by atoms with van der Waals surface area (Å²) in [7, 11) is 2.05. The first kappa shape index (κ1) is 12.8. The molecule has 2 atom stereocenters. The highest BCUT2D eigenvalue weighted by molar-refractivity contribution is 7.13. The molecule has 2 unspecified atom stereocenters. The lowest BCUT2D eigenvalue weighted by Gasteiger charge is -2.26. The maximum absolute atomic E-state index is 9.45. The molecule has 0 saturated carbocycles. The zero-order chi connectivity index (χ0) is 12.3. The van der Waals surface area contributed by atoms with E-state index in [0.717, 1.165) is 37.0 Å². The smallest absolute Gasteiger partial charge is 0.185 e. The largest absolute Gasteiger partial charge is 0.387 e. The van der Waals surface area contributed by atoms with Gasteiger partial charge in [0, 0.05) is 25.6 Å². The van der Waals surface area contributed by atoms with Gasteiger partial charge in [-0.25, -0.2) is 4.98 Å². The lowest BCUT2D eigenvalue weighted by atomic mass is 10.0. The Hall–Kier alpha value is -0.650. The van der Waals surface area contributed by atoms with Crippen LogP contribution in [0.5, 0.6) is 0 Å². The van der Waals surface area contributed by atoms with E-state index in [1.165, 1.54) is 6.42 Å². The summed E-state index contributed by atoms with van der Waals surface area (Å²) in [4.78, 5) is 6.59. The van der Waals surface area contributed by atoms with Gasteiger partial charge in [-0.15, -0.1) is 11.3 Å². The average Bonchev–Trinajstić information content (AvgIpc) is 2.79. The molecule has 0 spiro atoms. The molecule has 0 bridgehead atoms. The molecule has 0 amide bonds. The Kier molecular flexibility index (Phi) is 4.36. The van der Waals surface area contributed by atoms with Crippen LogP contribution in [0, 0.1) is 5.92 Å². The summed E-state index contributed by atoms with van der Waals surface area (Å²) >= 11 is 1.59. The van der Waals surface area contributed by atoms with Gasteiger partial charge in [-0.2, -0.15) is 0 Å². The van der Waals surface area contributed by atoms with Gasteiger partial charge in [-0.3, -0.25) is 0 Å². The topological polar surface area (TPSA) is 45.6 Å². The third-order valence-corrected chi connectivity index (χ3v) is 4.02. The van der Waals surface area contributed by atoms with E-state index in [1.54, 1.807) is 18.3 Å². The second-order valence-corrected chi connectivity index (χ2v) is 5.53. The van der Waals surface area contributed by atoms with E-state index in [2.05, 4.69) is 16.9 Å². The summed E-state index contributed by atoms with van der Waals surface area (Å²) in [6.07, 6.45) is 1.92. The van der Waals surface area contributed by atoms with E-state index in [4.69, 9.17) is 4.74 Å². The molecule has 1 aliphatic rings. The number of nitrogens with zero attached hydrogens (tertiary/aromatic N) is 2. The molecule has 4 nitrogen and oxygen atoms in total. The van der Waals surface area contributed by atoms with Crippen LogP contribution in [0.15, 0.2) is 5.38 Å². The van der Waals surface area contributed by atoms with Crippen LogP contribution in [0.3, 0.4) is 0 Å². The minimum Gasteiger partial charge on any atom is -0.387 e. The number of hydrogen-bond acceptors (Lipinski definition) is 5. The van der Waals surface area contributed by atoms with Gasteiger partial charge in [-0.05, 0) is 25.7 Å². The van der Waals surface area contributed by atoms with Crippen molar-refractivity contribution in [2.24, 2.45) is 5.92 Å². The first-order valence-corrected chi connectivity index (χ1v) is 6.97. The number of aliphatic hydroxyl groups is 1. The molecule has 1 fully saturated rings. The quantitative estimate of drug-likeness (QED) is 0.895. The molecule has 96 valence electrons. The van der Waals surface area contributed by atoms with Crippen LogP contribution in [0.25, 0.3) is 0 Å². The van der Waals surface area contributed by atoms with Crippen molar-refractivity contribution in [1.29, 1.82) is 0 Å². The van der Waals surface area contributed by atoms with Crippen molar-refractivity contribution in [2.75, 3.05) is 31.7 Å². The third-order valence-electron chi connectivity index (χ3n) is 3.05. The second kappa shape index (κ2) is 5.80. The van der Waals surface area contributed by atoms with Crippen LogP contribution in [0.4, 0.5) is 5.13 Å². The summed E-state index contributed by atoms with van der Waals surface area (Å²) in [5, 5.41) is 12.3. The fourth-order valence-electron chi connectivity index (χ4n) is 2.06. The highest BCUT2D eigenvalue weighted by atomic mass is 32.1. The Labute approximate surface area is 106 Å². The standard InChI is InChI=1S/C12H20N2O2S/c1-9(15)11-8-17-12(13-11)14(2)6-10-4-3-5-16-7-10/h8-10,15H,3-7H2,1-2H3. The van der Waals surface area contributed by atoms with Crippen LogP contribution in [0.1, 0.15) is 31.6 Å². The summed E-state index contributed by atoms with van der Waals surface area (Å²) in [6.45, 7) is 4.49. The summed E-state index contributed by atoms with van der Waals surface area (Å²) < 4.78 is 5.48. The Morgan fingerprint density at radius 3 is 3.12 bits per heavy atom. The van der Waals surface area contributed by atoms with Crippen LogP contribution < -0.4 is 4.90 Å². The maximum Gasteiger partial charge on any atom is 0.185 e. The Balaban J connectivity index is 1.91. The molecule has 1 aromatic rings. The van der Waals surface area contributed by atoms with Crippen molar-refractivity contribution in [3.05, 3.63) is 11.1 Å². The molecule has 0 radical (unpaired) electrons. The number of hydrogen-bond donors (Lipinski definition) is 1. The predicted molar refractivity (Wildman–Crippen MR) is 69.6 cm³/mol. The number of thiazole rings is 1. The van der Waals surface area contributed by atoms with Crippen molar-refractivity contribution < 1.29 is 9.84 Å². The van der Waals surface area contributed by atoms with E-state index in [0.29, 0.717) is 5.92 Å². The minimum absolute atomic E-state index is 0.480. The maximum atomic E-state index is 9.45. The number of ether oxygens (including phenoxy) is 1. The SMILES string of the molecule is CC(O)c1csc(N(C)CC2CCCOC2)n1. The number of anilines is 1. The van der Waals surface area contributed by atoms with E-state index >= 15 is 0 Å². The first-order valence-electron chi connectivity index (χ1n) is 6.09. The van der Waals surface area contributed by atoms with Crippen LogP contribution in [0.2, 0.25) is 0 Å². The van der Waals surface area contributed by atoms with Crippen molar-refractivity contribution in [3.8, 4) is 0 Å². The molecule has 1 aromatic heterocycles. The summed E-state index contributed by atoms with van der Waals surface area (Å²) in [5.41, 5.74) is 0.761. The number of aliphatic hydroxyl groups excluding tert-OH is 1. The molecular formula is C12H20N2O2S. The normalized spacial score (nSPS) is 22.4. The number of rotatable bonds is 4. The Morgan fingerprint density at radius 2 is 2.53 bits per heavy atom. The van der Waals surface area contributed by atoms with Gasteiger partial charge in [0.2, 0.25) is 0 Å². The molecule has 1 saturated heterocycles. The summed E-state index contributed by atoms with van der Waals surface area (Å²) in [5.74, 6) is 0.604. The lowest BCUT2D eigenvalue weighted by molar-refractivity contribution is 0.0576.